The fourth-order valence-electron chi connectivity index (χ4n) is 3.91. The van der Waals surface area contributed by atoms with Gasteiger partial charge in [0.1, 0.15) is 12.1 Å². The summed E-state index contributed by atoms with van der Waals surface area (Å²) in [6, 6.07) is 12.2. The molecule has 2 aromatic rings. The Kier molecular flexibility index (Phi) is 6.41. The van der Waals surface area contributed by atoms with E-state index < -0.39 is 23.4 Å². The van der Waals surface area contributed by atoms with Crippen LogP contribution in [0.25, 0.3) is 0 Å². The Morgan fingerprint density at radius 2 is 1.61 bits per heavy atom. The molecule has 31 heavy (non-hydrogen) atoms. The summed E-state index contributed by atoms with van der Waals surface area (Å²) in [5.74, 6) is -0.535. The lowest BCUT2D eigenvalue weighted by Crippen LogP contribution is -2.42. The van der Waals surface area contributed by atoms with Gasteiger partial charge in [-0.15, -0.1) is 0 Å². The minimum Gasteiger partial charge on any atom is -0.324 e. The zero-order valence-corrected chi connectivity index (χ0v) is 19.2. The molecule has 164 valence electrons. The maximum Gasteiger partial charge on any atom is 0.325 e. The van der Waals surface area contributed by atoms with Crippen molar-refractivity contribution in [1.82, 2.24) is 10.2 Å². The predicted molar refractivity (Wildman–Crippen MR) is 122 cm³/mol. The highest BCUT2D eigenvalue weighted by Crippen LogP contribution is 2.34. The number of nitrogens with one attached hydrogen (secondary N) is 2. The molecule has 1 atom stereocenters. The minimum atomic E-state index is -1.32. The average Bonchev–Trinajstić information content (AvgIpc) is 2.91. The molecule has 7 heteroatoms. The van der Waals surface area contributed by atoms with Gasteiger partial charge in [0.2, 0.25) is 5.91 Å². The van der Waals surface area contributed by atoms with Crippen molar-refractivity contribution in [3.63, 3.8) is 0 Å². The summed E-state index contributed by atoms with van der Waals surface area (Å²) in [7, 11) is 0. The topological polar surface area (TPSA) is 78.5 Å². The second kappa shape index (κ2) is 8.71. The van der Waals surface area contributed by atoms with Gasteiger partial charge in [-0.05, 0) is 36.0 Å². The molecule has 2 aromatic carbocycles. The van der Waals surface area contributed by atoms with Gasteiger partial charge in [-0.25, -0.2) is 4.79 Å². The molecule has 1 aliphatic heterocycles. The van der Waals surface area contributed by atoms with Crippen LogP contribution in [0.15, 0.2) is 42.5 Å². The van der Waals surface area contributed by atoms with Crippen LogP contribution >= 0.6 is 11.6 Å². The molecule has 0 spiro atoms. The van der Waals surface area contributed by atoms with Gasteiger partial charge in [0, 0.05) is 16.3 Å². The van der Waals surface area contributed by atoms with Crippen LogP contribution in [0.5, 0.6) is 0 Å². The number of anilines is 1. The van der Waals surface area contributed by atoms with Gasteiger partial charge in [0.05, 0.1) is 0 Å². The van der Waals surface area contributed by atoms with Crippen LogP contribution in [0.1, 0.15) is 63.1 Å². The number of hydrogen-bond acceptors (Lipinski definition) is 3. The normalized spacial score (nSPS) is 18.6. The third kappa shape index (κ3) is 4.30. The van der Waals surface area contributed by atoms with Crippen LogP contribution in [-0.4, -0.2) is 29.3 Å². The standard InChI is InChI=1S/C24H28ClN3O3/c1-14(2)16-9-8-10-17(15(3)4)21(16)26-20(29)13-28-22(30)24(5,27-23(28)31)18-11-6-7-12-19(18)25/h6-12,14-15H,13H2,1-5H3,(H,26,29)(H,27,31). The molecule has 3 rings (SSSR count). The summed E-state index contributed by atoms with van der Waals surface area (Å²) in [5.41, 5.74) is 1.94. The van der Waals surface area contributed by atoms with Crippen molar-refractivity contribution >= 4 is 35.1 Å². The van der Waals surface area contributed by atoms with E-state index >= 15 is 0 Å². The first kappa shape index (κ1) is 22.8. The van der Waals surface area contributed by atoms with Gasteiger partial charge >= 0.3 is 6.03 Å². The van der Waals surface area contributed by atoms with Gasteiger partial charge in [-0.2, -0.15) is 0 Å². The van der Waals surface area contributed by atoms with Gasteiger partial charge in [0.15, 0.2) is 0 Å². The first-order chi connectivity index (χ1) is 14.6. The molecule has 4 amide bonds. The summed E-state index contributed by atoms with van der Waals surface area (Å²) in [4.78, 5) is 39.6. The van der Waals surface area contributed by atoms with E-state index in [1.165, 1.54) is 0 Å². The van der Waals surface area contributed by atoms with Gasteiger partial charge in [-0.3, -0.25) is 14.5 Å². The Bertz CT molecular complexity index is 1010. The van der Waals surface area contributed by atoms with E-state index in [2.05, 4.69) is 38.3 Å². The largest absolute Gasteiger partial charge is 0.325 e. The number of nitrogens with zero attached hydrogens (tertiary/aromatic N) is 1. The van der Waals surface area contributed by atoms with Crippen molar-refractivity contribution in [3.05, 3.63) is 64.2 Å². The van der Waals surface area contributed by atoms with Crippen LogP contribution < -0.4 is 10.6 Å². The monoisotopic (exact) mass is 441 g/mol. The first-order valence-corrected chi connectivity index (χ1v) is 10.8. The molecule has 1 saturated heterocycles. The van der Waals surface area contributed by atoms with Crippen LogP contribution in [0.3, 0.4) is 0 Å². The molecule has 1 fully saturated rings. The van der Waals surface area contributed by atoms with E-state index in [1.54, 1.807) is 31.2 Å². The number of hydrogen-bond donors (Lipinski definition) is 2. The quantitative estimate of drug-likeness (QED) is 0.619. The SMILES string of the molecule is CC(C)c1cccc(C(C)C)c1NC(=O)CN1C(=O)NC(C)(c2ccccc2Cl)C1=O. The maximum absolute atomic E-state index is 13.1. The molecule has 0 bridgehead atoms. The number of carbonyl (C=O) groups excluding carboxylic acids is 3. The number of para-hydroxylation sites is 1. The van der Waals surface area contributed by atoms with Crippen molar-refractivity contribution in [3.8, 4) is 0 Å². The number of rotatable bonds is 6. The zero-order valence-electron chi connectivity index (χ0n) is 18.5. The van der Waals surface area contributed by atoms with E-state index in [-0.39, 0.29) is 18.4 Å². The lowest BCUT2D eigenvalue weighted by molar-refractivity contribution is -0.133. The third-order valence-corrected chi connectivity index (χ3v) is 5.96. The van der Waals surface area contributed by atoms with Crippen LogP contribution in [-0.2, 0) is 15.1 Å². The molecular weight excluding hydrogens is 414 g/mol. The van der Waals surface area contributed by atoms with E-state index in [0.717, 1.165) is 21.7 Å². The zero-order chi connectivity index (χ0) is 22.9. The highest BCUT2D eigenvalue weighted by molar-refractivity contribution is 6.32. The Hall–Kier alpha value is -2.86. The summed E-state index contributed by atoms with van der Waals surface area (Å²) in [5, 5.41) is 6.01. The second-order valence-corrected chi connectivity index (χ2v) is 9.00. The predicted octanol–water partition coefficient (Wildman–Crippen LogP) is 4.99. The number of carbonyl (C=O) groups is 3. The molecule has 6 nitrogen and oxygen atoms in total. The lowest BCUT2D eigenvalue weighted by atomic mass is 9.92. The molecular formula is C24H28ClN3O3. The van der Waals surface area contributed by atoms with Crippen molar-refractivity contribution < 1.29 is 14.4 Å². The molecule has 2 N–H and O–H groups in total. The fraction of sp³-hybridized carbons (Fsp3) is 0.375. The van der Waals surface area contributed by atoms with E-state index in [1.807, 2.05) is 18.2 Å². The van der Waals surface area contributed by atoms with E-state index in [0.29, 0.717) is 10.6 Å². The Labute approximate surface area is 188 Å². The summed E-state index contributed by atoms with van der Waals surface area (Å²) < 4.78 is 0. The first-order valence-electron chi connectivity index (χ1n) is 10.4. The maximum atomic E-state index is 13.1. The van der Waals surface area contributed by atoms with Crippen LogP contribution in [0.4, 0.5) is 10.5 Å². The molecule has 0 radical (unpaired) electrons. The van der Waals surface area contributed by atoms with Gasteiger partial charge in [-0.1, -0.05) is 75.7 Å². The molecule has 1 heterocycles. The number of halogens is 1. The van der Waals surface area contributed by atoms with Gasteiger partial charge < -0.3 is 10.6 Å². The van der Waals surface area contributed by atoms with Crippen LogP contribution in [0.2, 0.25) is 5.02 Å². The van der Waals surface area contributed by atoms with Crippen molar-refractivity contribution in [2.75, 3.05) is 11.9 Å². The van der Waals surface area contributed by atoms with Crippen molar-refractivity contribution in [1.29, 1.82) is 0 Å². The smallest absolute Gasteiger partial charge is 0.324 e. The van der Waals surface area contributed by atoms with E-state index in [9.17, 15) is 14.4 Å². The third-order valence-electron chi connectivity index (χ3n) is 5.63. The van der Waals surface area contributed by atoms with Gasteiger partial charge in [0.25, 0.3) is 5.91 Å². The molecule has 0 aromatic heterocycles. The highest BCUT2D eigenvalue weighted by Gasteiger charge is 2.50. The summed E-state index contributed by atoms with van der Waals surface area (Å²) >= 11 is 6.26. The molecule has 1 unspecified atom stereocenters. The second-order valence-electron chi connectivity index (χ2n) is 8.60. The molecule has 1 aliphatic rings. The molecule has 0 aliphatic carbocycles. The number of amides is 4. The van der Waals surface area contributed by atoms with E-state index in [4.69, 9.17) is 11.6 Å². The van der Waals surface area contributed by atoms with Crippen molar-refractivity contribution in [2.24, 2.45) is 0 Å². The minimum absolute atomic E-state index is 0.203. The average molecular weight is 442 g/mol. The highest BCUT2D eigenvalue weighted by atomic mass is 35.5. The lowest BCUT2D eigenvalue weighted by Gasteiger charge is -2.23. The summed E-state index contributed by atoms with van der Waals surface area (Å²) in [6.45, 7) is 9.44. The Morgan fingerprint density at radius 1 is 1.03 bits per heavy atom. The molecule has 0 saturated carbocycles. The Balaban J connectivity index is 1.85. The fourth-order valence-corrected chi connectivity index (χ4v) is 4.23. The Morgan fingerprint density at radius 3 is 2.16 bits per heavy atom. The van der Waals surface area contributed by atoms with Crippen molar-refractivity contribution in [2.45, 2.75) is 52.0 Å². The number of imide groups is 1. The summed E-state index contributed by atoms with van der Waals surface area (Å²) in [6.07, 6.45) is 0. The van der Waals surface area contributed by atoms with Crippen LogP contribution in [0, 0.1) is 0 Å². The number of benzene rings is 2. The number of urea groups is 1.